The first-order valence-electron chi connectivity index (χ1n) is 6.84. The third-order valence-corrected chi connectivity index (χ3v) is 4.79. The number of rotatable bonds is 7. The molecule has 0 aromatic rings. The molecule has 2 aliphatic heterocycles. The summed E-state index contributed by atoms with van der Waals surface area (Å²) in [6, 6.07) is -2.39. The minimum Gasteiger partial charge on any atom is -0.309 e. The second kappa shape index (κ2) is 8.47. The number of hydrogen-bond acceptors (Lipinski definition) is 8. The van der Waals surface area contributed by atoms with Crippen molar-refractivity contribution in [2.24, 2.45) is 0 Å². The molecule has 12 nitrogen and oxygen atoms in total. The van der Waals surface area contributed by atoms with Gasteiger partial charge in [-0.05, 0) is 12.8 Å². The summed E-state index contributed by atoms with van der Waals surface area (Å²) in [4.78, 5) is 30.0. The molecule has 0 aromatic carbocycles. The zero-order chi connectivity index (χ0) is 18.1. The van der Waals surface area contributed by atoms with Gasteiger partial charge in [-0.2, -0.15) is 13.5 Å². The van der Waals surface area contributed by atoms with E-state index in [1.54, 1.807) is 0 Å². The quantitative estimate of drug-likeness (QED) is 0.204. The van der Waals surface area contributed by atoms with E-state index in [4.69, 9.17) is 9.39 Å². The van der Waals surface area contributed by atoms with E-state index >= 15 is 0 Å². The third-order valence-electron chi connectivity index (χ3n) is 3.53. The summed E-state index contributed by atoms with van der Waals surface area (Å²) in [7, 11) is -8.09. The summed E-state index contributed by atoms with van der Waals surface area (Å²) >= 11 is 0. The Labute approximate surface area is 166 Å². The van der Waals surface area contributed by atoms with Crippen molar-refractivity contribution in [2.75, 3.05) is 25.2 Å². The number of sulfone groups is 1. The number of piperidine rings is 1. The van der Waals surface area contributed by atoms with Crippen molar-refractivity contribution in [3.8, 4) is 0 Å². The van der Waals surface area contributed by atoms with E-state index in [0.29, 0.717) is 5.06 Å². The van der Waals surface area contributed by atoms with E-state index in [0.717, 1.165) is 11.2 Å². The van der Waals surface area contributed by atoms with Crippen LogP contribution in [0.2, 0.25) is 0 Å². The molecule has 15 heteroatoms. The van der Waals surface area contributed by atoms with Crippen molar-refractivity contribution in [1.29, 1.82) is 0 Å². The van der Waals surface area contributed by atoms with Crippen molar-refractivity contribution in [2.45, 2.75) is 24.9 Å². The predicted molar refractivity (Wildman–Crippen MR) is 82.9 cm³/mol. The van der Waals surface area contributed by atoms with Crippen LogP contribution in [-0.4, -0.2) is 110 Å². The summed E-state index contributed by atoms with van der Waals surface area (Å²) in [6.07, 6.45) is 1.52. The number of carbonyl (C=O) groups excluding carboxylic acids is 2. The largest absolute Gasteiger partial charge is 0.418 e. The summed E-state index contributed by atoms with van der Waals surface area (Å²) in [5.74, 6) is -0.942. The van der Waals surface area contributed by atoms with Crippen LogP contribution in [0.1, 0.15) is 12.8 Å². The number of hydroxylamine groups is 3. The summed E-state index contributed by atoms with van der Waals surface area (Å²) in [6.45, 7) is -0.193. The van der Waals surface area contributed by atoms with E-state index in [1.807, 2.05) is 0 Å². The van der Waals surface area contributed by atoms with Gasteiger partial charge in [-0.3, -0.25) is 14.2 Å². The molecule has 0 aromatic heterocycles. The van der Waals surface area contributed by atoms with Crippen LogP contribution in [0.4, 0.5) is 4.79 Å². The van der Waals surface area contributed by atoms with Crippen molar-refractivity contribution >= 4 is 61.7 Å². The Morgan fingerprint density at radius 1 is 1.32 bits per heavy atom. The number of amides is 3. The maximum Gasteiger partial charge on any atom is 0.418 e. The topological polar surface area (TPSA) is 160 Å². The zero-order valence-corrected chi connectivity index (χ0v) is 17.2. The molecule has 1 radical (unpaired) electrons. The first kappa shape index (κ1) is 22.6. The van der Waals surface area contributed by atoms with Crippen molar-refractivity contribution < 1.29 is 40.1 Å². The molecule has 2 rings (SSSR count). The molecule has 0 saturated carbocycles. The van der Waals surface area contributed by atoms with Crippen LogP contribution < -0.4 is 5.48 Å². The van der Waals surface area contributed by atoms with Crippen LogP contribution in [0.5, 0.6) is 0 Å². The van der Waals surface area contributed by atoms with Crippen LogP contribution in [0, 0.1) is 0 Å². The molecular weight excluding hydrogens is 393 g/mol. The molecule has 2 N–H and O–H groups in total. The molecule has 0 spiro atoms. The SMILES string of the molecule is CS(=O)(=O)CCONC(=O)[C@@H]1CC[C@@H]2CN1C(=O)N2OS(=O)(=O)O.[Na]. The number of urea groups is 1. The number of nitrogens with one attached hydrogen (secondary N) is 1. The average molecular weight is 410 g/mol. The monoisotopic (exact) mass is 410 g/mol. The Hall–Kier alpha value is -0.480. The van der Waals surface area contributed by atoms with Crippen LogP contribution >= 0.6 is 0 Å². The van der Waals surface area contributed by atoms with E-state index in [9.17, 15) is 26.4 Å². The number of carbonyl (C=O) groups is 2. The van der Waals surface area contributed by atoms with Gasteiger partial charge in [0.15, 0.2) is 0 Å². The van der Waals surface area contributed by atoms with Gasteiger partial charge in [0.2, 0.25) is 0 Å². The van der Waals surface area contributed by atoms with E-state index < -0.39 is 44.3 Å². The van der Waals surface area contributed by atoms with Crippen LogP contribution in [0.25, 0.3) is 0 Å². The minimum atomic E-state index is -4.85. The molecule has 25 heavy (non-hydrogen) atoms. The van der Waals surface area contributed by atoms with Gasteiger partial charge in [0.05, 0.1) is 18.4 Å². The van der Waals surface area contributed by atoms with Gasteiger partial charge in [0.1, 0.15) is 15.9 Å². The van der Waals surface area contributed by atoms with Gasteiger partial charge in [-0.25, -0.2) is 18.7 Å². The van der Waals surface area contributed by atoms with Crippen LogP contribution in [0.15, 0.2) is 0 Å². The van der Waals surface area contributed by atoms with Crippen LogP contribution in [-0.2, 0) is 34.2 Å². The fraction of sp³-hybridized carbons (Fsp3) is 0.800. The smallest absolute Gasteiger partial charge is 0.309 e. The molecular formula is C10H17N3NaO9S2. The fourth-order valence-corrected chi connectivity index (χ4v) is 3.26. The van der Waals surface area contributed by atoms with Crippen molar-refractivity contribution in [3.63, 3.8) is 0 Å². The molecule has 3 amide bonds. The van der Waals surface area contributed by atoms with Gasteiger partial charge in [-0.15, -0.1) is 4.28 Å². The normalized spacial score (nSPS) is 23.4. The van der Waals surface area contributed by atoms with E-state index in [2.05, 4.69) is 9.76 Å². The molecule has 2 saturated heterocycles. The Morgan fingerprint density at radius 3 is 2.52 bits per heavy atom. The molecule has 2 heterocycles. The van der Waals surface area contributed by atoms with Gasteiger partial charge >= 0.3 is 16.4 Å². The summed E-state index contributed by atoms with van der Waals surface area (Å²) in [5.41, 5.74) is 2.07. The molecule has 0 unspecified atom stereocenters. The Balaban J connectivity index is 0.00000312. The Morgan fingerprint density at radius 2 is 1.96 bits per heavy atom. The molecule has 2 atom stereocenters. The zero-order valence-electron chi connectivity index (χ0n) is 13.6. The number of hydrogen-bond donors (Lipinski definition) is 2. The van der Waals surface area contributed by atoms with E-state index in [1.165, 1.54) is 0 Å². The second-order valence-corrected chi connectivity index (χ2v) is 8.72. The molecule has 2 aliphatic rings. The maximum atomic E-state index is 12.1. The molecule has 2 bridgehead atoms. The summed E-state index contributed by atoms with van der Waals surface area (Å²) < 4.78 is 56.3. The minimum absolute atomic E-state index is 0. The first-order chi connectivity index (χ1) is 11.0. The fourth-order valence-electron chi connectivity index (χ4n) is 2.49. The van der Waals surface area contributed by atoms with Gasteiger partial charge in [0, 0.05) is 42.4 Å². The summed E-state index contributed by atoms with van der Waals surface area (Å²) in [5, 5.41) is 0.521. The van der Waals surface area contributed by atoms with Gasteiger partial charge in [0.25, 0.3) is 5.91 Å². The average Bonchev–Trinajstić information content (AvgIpc) is 2.66. The molecule has 2 fully saturated rings. The Kier molecular flexibility index (Phi) is 7.65. The Bertz CT molecular complexity index is 726. The van der Waals surface area contributed by atoms with Crippen molar-refractivity contribution in [3.05, 3.63) is 0 Å². The molecule has 139 valence electrons. The predicted octanol–water partition coefficient (Wildman–Crippen LogP) is -2.30. The van der Waals surface area contributed by atoms with E-state index in [-0.39, 0.29) is 61.3 Å². The standard InChI is InChI=1S/C10H17N3O9S2.Na/c1-23(16,17)5-4-21-11-9(14)8-3-2-7-6-12(8)10(15)13(7)22-24(18,19)20;/h7-8H,2-6H2,1H3,(H,11,14)(H,18,19,20);/t7-,8+;/m1./s1. The first-order valence-corrected chi connectivity index (χ1v) is 10.3. The number of fused-ring (bicyclic) bond motifs is 2. The van der Waals surface area contributed by atoms with Crippen LogP contribution in [0.3, 0.4) is 0 Å². The van der Waals surface area contributed by atoms with Gasteiger partial charge < -0.3 is 4.90 Å². The maximum absolute atomic E-state index is 12.1. The third kappa shape index (κ3) is 6.32. The van der Waals surface area contributed by atoms with Crippen molar-refractivity contribution in [1.82, 2.24) is 15.4 Å². The van der Waals surface area contributed by atoms with Gasteiger partial charge in [-0.1, -0.05) is 0 Å². The molecule has 0 aliphatic carbocycles. The number of nitrogens with zero attached hydrogens (tertiary/aromatic N) is 2. The second-order valence-electron chi connectivity index (χ2n) is 5.45.